The van der Waals surface area contributed by atoms with Crippen LogP contribution in [0.2, 0.25) is 0 Å². The lowest BCUT2D eigenvalue weighted by Gasteiger charge is -2.45. The smallest absolute Gasteiger partial charge is 0.246 e. The minimum absolute atomic E-state index is 0.0701. The topological polar surface area (TPSA) is 48.9 Å². The third-order valence-electron chi connectivity index (χ3n) is 8.52. The van der Waals surface area contributed by atoms with E-state index in [1.54, 1.807) is 7.05 Å². The van der Waals surface area contributed by atoms with Crippen molar-refractivity contribution < 1.29 is 0 Å². The first kappa shape index (κ1) is 10.5. The molecule has 2 bridgehead atoms. The number of hydrogen-bond acceptors (Lipinski definition) is 2. The molecular weight excluding hydrogens is 266 g/mol. The van der Waals surface area contributed by atoms with Gasteiger partial charge in [0.25, 0.3) is 0 Å². The molecule has 0 radical (unpaired) electrons. The lowest BCUT2D eigenvalue weighted by molar-refractivity contribution is 0.0178. The molecule has 3 heterocycles. The molecule has 1 aromatic heterocycles. The molecule has 0 N–H and O–H groups in total. The van der Waals surface area contributed by atoms with Gasteiger partial charge in [0.1, 0.15) is 0 Å². The minimum Gasteiger partial charge on any atom is -0.246 e. The van der Waals surface area contributed by atoms with Gasteiger partial charge in [0.15, 0.2) is 0 Å². The summed E-state index contributed by atoms with van der Waals surface area (Å²) in [6.45, 7) is 4.77. The van der Waals surface area contributed by atoms with Gasteiger partial charge in [0.2, 0.25) is 0 Å². The van der Waals surface area contributed by atoms with Crippen LogP contribution in [-0.4, -0.2) is 13.9 Å². The summed E-state index contributed by atoms with van der Waals surface area (Å²) >= 11 is 0. The van der Waals surface area contributed by atoms with E-state index >= 15 is 0 Å². The Hall–Kier alpha value is -1.26. The molecule has 0 saturated heterocycles. The Balaban J connectivity index is 1.64. The van der Waals surface area contributed by atoms with Crippen molar-refractivity contribution in [2.75, 3.05) is 0 Å². The van der Waals surface area contributed by atoms with Crippen LogP contribution in [0.15, 0.2) is 9.59 Å². The van der Waals surface area contributed by atoms with E-state index in [2.05, 4.69) is 13.8 Å². The van der Waals surface area contributed by atoms with E-state index in [4.69, 9.17) is 0 Å². The molecule has 5 heteroatoms. The average Bonchev–Trinajstić information content (AvgIpc) is 3.05. The highest BCUT2D eigenvalue weighted by molar-refractivity contribution is 5.51. The fraction of sp³-hybridized carbons (Fsp3) is 0.875. The molecule has 2 unspecified atom stereocenters. The van der Waals surface area contributed by atoms with Crippen molar-refractivity contribution in [3.8, 4) is 0 Å². The second kappa shape index (κ2) is 2.20. The molecule has 2 aliphatic heterocycles. The van der Waals surface area contributed by atoms with Gasteiger partial charge in [-0.1, -0.05) is 13.8 Å². The van der Waals surface area contributed by atoms with Crippen LogP contribution < -0.4 is 11.4 Å². The van der Waals surface area contributed by atoms with E-state index < -0.39 is 0 Å². The Labute approximate surface area is 121 Å². The number of rotatable bonds is 0. The second-order valence-corrected chi connectivity index (χ2v) is 9.51. The summed E-state index contributed by atoms with van der Waals surface area (Å²) in [4.78, 5) is 25.2. The van der Waals surface area contributed by atoms with E-state index in [9.17, 15) is 9.59 Å². The summed E-state index contributed by atoms with van der Waals surface area (Å²) in [6.07, 6.45) is 2.53. The molecule has 0 aromatic carbocycles. The zero-order chi connectivity index (χ0) is 14.3. The van der Waals surface area contributed by atoms with E-state index in [-0.39, 0.29) is 11.4 Å². The van der Waals surface area contributed by atoms with Crippen LogP contribution in [0.1, 0.15) is 38.8 Å². The Morgan fingerprint density at radius 1 is 0.905 bits per heavy atom. The van der Waals surface area contributed by atoms with Crippen LogP contribution in [0.25, 0.3) is 0 Å². The van der Waals surface area contributed by atoms with Crippen molar-refractivity contribution in [2.45, 2.75) is 38.8 Å². The molecule has 7 aliphatic rings. The second-order valence-electron chi connectivity index (χ2n) is 9.51. The molecule has 5 aliphatic carbocycles. The first-order valence-electron chi connectivity index (χ1n) is 8.29. The third-order valence-corrected chi connectivity index (χ3v) is 8.52. The Kier molecular flexibility index (Phi) is 1.10. The molecule has 5 saturated carbocycles. The molecular formula is C16H19N3O2. The summed E-state index contributed by atoms with van der Waals surface area (Å²) in [6, 6.07) is 0.677. The van der Waals surface area contributed by atoms with Crippen molar-refractivity contribution in [3.63, 3.8) is 0 Å². The Morgan fingerprint density at radius 2 is 1.38 bits per heavy atom. The summed E-state index contributed by atoms with van der Waals surface area (Å²) < 4.78 is 5.14. The first-order chi connectivity index (χ1) is 9.88. The van der Waals surface area contributed by atoms with Gasteiger partial charge in [0.05, 0.1) is 12.1 Å². The molecule has 1 aromatic rings. The largest absolute Gasteiger partial charge is 0.347 e. The molecule has 5 nitrogen and oxygen atoms in total. The van der Waals surface area contributed by atoms with Gasteiger partial charge in [-0.05, 0) is 41.9 Å². The van der Waals surface area contributed by atoms with E-state index in [0.29, 0.717) is 28.3 Å². The number of aromatic nitrogens is 3. The van der Waals surface area contributed by atoms with Crippen LogP contribution in [0, 0.1) is 39.9 Å². The van der Waals surface area contributed by atoms with E-state index in [1.807, 2.05) is 9.36 Å². The summed E-state index contributed by atoms with van der Waals surface area (Å²) in [7, 11) is 1.64. The summed E-state index contributed by atoms with van der Waals surface area (Å²) in [5, 5.41) is 0. The quantitative estimate of drug-likeness (QED) is 0.706. The maximum atomic E-state index is 12.6. The predicted molar refractivity (Wildman–Crippen MR) is 73.8 cm³/mol. The van der Waals surface area contributed by atoms with Crippen LogP contribution in [0.3, 0.4) is 0 Å². The maximum absolute atomic E-state index is 12.6. The highest BCUT2D eigenvalue weighted by atomic mass is 16.2. The van der Waals surface area contributed by atoms with Crippen molar-refractivity contribution in [3.05, 3.63) is 21.0 Å². The maximum Gasteiger partial charge on any atom is 0.347 e. The zero-order valence-corrected chi connectivity index (χ0v) is 12.5. The van der Waals surface area contributed by atoms with Gasteiger partial charge in [0, 0.05) is 17.9 Å². The van der Waals surface area contributed by atoms with Gasteiger partial charge < -0.3 is 0 Å². The van der Waals surface area contributed by atoms with Crippen LogP contribution >= 0.6 is 0 Å². The standard InChI is InChI=1S/C16H19N3O2/c1-14(2)4-15-9-6-7-8(6)11(16(9,15)5-14)19-13(21)17(3)12(20)18(19)10(7)15/h6-11H,4-5H2,1-3H3/t6?,7-,8+,9?,10-,11+,15-,16-/m1/s1. The van der Waals surface area contributed by atoms with Gasteiger partial charge >= 0.3 is 11.4 Å². The third kappa shape index (κ3) is 0.624. The van der Waals surface area contributed by atoms with Crippen LogP contribution in [-0.2, 0) is 7.05 Å². The SMILES string of the molecule is Cn1c(=O)n2n(c1=O)[C@@H]1[C@@H]3C4C5[C@]6(CC(C)(C)C[C@@]516)[C@@H]2[C@@H]43. The number of hydrogen-bond donors (Lipinski definition) is 0. The molecule has 110 valence electrons. The zero-order valence-electron chi connectivity index (χ0n) is 12.5. The highest BCUT2D eigenvalue weighted by Crippen LogP contribution is 3.06. The average molecular weight is 285 g/mol. The normalized spacial score (nSPS) is 60.9. The van der Waals surface area contributed by atoms with E-state index in [0.717, 1.165) is 23.7 Å². The molecule has 5 fully saturated rings. The minimum atomic E-state index is -0.0701. The monoisotopic (exact) mass is 285 g/mol. The van der Waals surface area contributed by atoms with E-state index in [1.165, 1.54) is 17.4 Å². The van der Waals surface area contributed by atoms with Gasteiger partial charge in [-0.3, -0.25) is 0 Å². The summed E-state index contributed by atoms with van der Waals surface area (Å²) in [5.74, 6) is 3.11. The van der Waals surface area contributed by atoms with Crippen molar-refractivity contribution in [1.82, 2.24) is 13.9 Å². The fourth-order valence-corrected chi connectivity index (χ4v) is 8.90. The molecule has 0 amide bonds. The van der Waals surface area contributed by atoms with Gasteiger partial charge in [-0.15, -0.1) is 0 Å². The van der Waals surface area contributed by atoms with Crippen molar-refractivity contribution in [2.24, 2.45) is 47.0 Å². The lowest BCUT2D eigenvalue weighted by Crippen LogP contribution is -2.51. The van der Waals surface area contributed by atoms with Crippen LogP contribution in [0.4, 0.5) is 0 Å². The fourth-order valence-electron chi connectivity index (χ4n) is 8.90. The molecule has 2 spiro atoms. The molecule has 8 rings (SSSR count). The van der Waals surface area contributed by atoms with Gasteiger partial charge in [-0.2, -0.15) is 0 Å². The predicted octanol–water partition coefficient (Wildman–Crippen LogP) is 0.756. The van der Waals surface area contributed by atoms with Crippen LogP contribution in [0.5, 0.6) is 0 Å². The molecule has 8 atom stereocenters. The first-order valence-corrected chi connectivity index (χ1v) is 8.29. The Bertz CT molecular complexity index is 836. The van der Waals surface area contributed by atoms with Gasteiger partial charge in [-0.25, -0.2) is 23.5 Å². The van der Waals surface area contributed by atoms with Crippen molar-refractivity contribution in [1.29, 1.82) is 0 Å². The lowest BCUT2D eigenvalue weighted by atomic mass is 9.73. The van der Waals surface area contributed by atoms with Crippen molar-refractivity contribution >= 4 is 0 Å². The highest BCUT2D eigenvalue weighted by Gasteiger charge is 3.04. The molecule has 21 heavy (non-hydrogen) atoms. The number of nitrogens with zero attached hydrogens (tertiary/aromatic N) is 3. The Morgan fingerprint density at radius 3 is 1.86 bits per heavy atom. The summed E-state index contributed by atoms with van der Waals surface area (Å²) in [5.41, 5.74) is 0.995.